The summed E-state index contributed by atoms with van der Waals surface area (Å²) in [5, 5.41) is 3.44. The molecule has 4 nitrogen and oxygen atoms in total. The summed E-state index contributed by atoms with van der Waals surface area (Å²) in [6.07, 6.45) is 4.01. The molecule has 1 aromatic carbocycles. The van der Waals surface area contributed by atoms with E-state index < -0.39 is 0 Å². The predicted molar refractivity (Wildman–Crippen MR) is 72.1 cm³/mol. The average Bonchev–Trinajstić information content (AvgIpc) is 3.08. The first-order chi connectivity index (χ1) is 9.28. The van der Waals surface area contributed by atoms with Gasteiger partial charge in [0, 0.05) is 17.3 Å². The summed E-state index contributed by atoms with van der Waals surface area (Å²) in [6, 6.07) is 9.73. The topological polar surface area (TPSA) is 51.5 Å². The van der Waals surface area contributed by atoms with Crippen molar-refractivity contribution in [2.24, 2.45) is 0 Å². The van der Waals surface area contributed by atoms with Gasteiger partial charge in [-0.15, -0.1) is 0 Å². The molecule has 4 heteroatoms. The van der Waals surface area contributed by atoms with Gasteiger partial charge in [0.25, 0.3) is 0 Å². The minimum absolute atomic E-state index is 0.342. The van der Waals surface area contributed by atoms with Crippen molar-refractivity contribution in [3.63, 3.8) is 0 Å². The monoisotopic (exact) mass is 257 g/mol. The van der Waals surface area contributed by atoms with Crippen LogP contribution < -0.4 is 5.32 Å². The van der Waals surface area contributed by atoms with Crippen LogP contribution in [0.15, 0.2) is 41.0 Å². The number of methoxy groups -OCH3 is 1. The number of nitrogens with one attached hydrogen (secondary N) is 1. The quantitative estimate of drug-likeness (QED) is 0.854. The molecule has 1 aliphatic rings. The fourth-order valence-corrected chi connectivity index (χ4v) is 2.00. The number of hydrogen-bond acceptors (Lipinski definition) is 4. The predicted octanol–water partition coefficient (Wildman–Crippen LogP) is 3.31. The standard InChI is InChI=1S/C15H15NO3/c1-18-15(17)10-4-7-13(16-11-5-6-11)12(9-10)14-3-2-8-19-14/h2-4,7-9,11,16H,5-6H2,1H3. The highest BCUT2D eigenvalue weighted by molar-refractivity contribution is 5.92. The van der Waals surface area contributed by atoms with Gasteiger partial charge in [0.1, 0.15) is 5.76 Å². The molecule has 0 unspecified atom stereocenters. The van der Waals surface area contributed by atoms with Crippen LogP contribution in [0.2, 0.25) is 0 Å². The third-order valence-electron chi connectivity index (χ3n) is 3.16. The van der Waals surface area contributed by atoms with Gasteiger partial charge in [-0.25, -0.2) is 4.79 Å². The molecule has 1 saturated carbocycles. The molecule has 2 aromatic rings. The van der Waals surface area contributed by atoms with E-state index in [9.17, 15) is 4.79 Å². The van der Waals surface area contributed by atoms with Gasteiger partial charge in [-0.3, -0.25) is 0 Å². The van der Waals surface area contributed by atoms with E-state index in [-0.39, 0.29) is 5.97 Å². The van der Waals surface area contributed by atoms with Crippen LogP contribution in [-0.4, -0.2) is 19.1 Å². The fraction of sp³-hybridized carbons (Fsp3) is 0.267. The molecule has 1 aromatic heterocycles. The third kappa shape index (κ3) is 2.47. The van der Waals surface area contributed by atoms with Gasteiger partial charge in [-0.05, 0) is 43.2 Å². The first kappa shape index (κ1) is 11.8. The zero-order valence-corrected chi connectivity index (χ0v) is 10.7. The van der Waals surface area contributed by atoms with Gasteiger partial charge >= 0.3 is 5.97 Å². The zero-order valence-electron chi connectivity index (χ0n) is 10.7. The van der Waals surface area contributed by atoms with Gasteiger partial charge in [-0.1, -0.05) is 0 Å². The Labute approximate surface area is 111 Å². The van der Waals surface area contributed by atoms with E-state index in [0.29, 0.717) is 11.6 Å². The molecular weight excluding hydrogens is 242 g/mol. The van der Waals surface area contributed by atoms with Crippen LogP contribution in [-0.2, 0) is 4.74 Å². The highest BCUT2D eigenvalue weighted by atomic mass is 16.5. The smallest absolute Gasteiger partial charge is 0.337 e. The van der Waals surface area contributed by atoms with Crippen LogP contribution in [0, 0.1) is 0 Å². The first-order valence-electron chi connectivity index (χ1n) is 6.30. The second kappa shape index (κ2) is 4.80. The van der Waals surface area contributed by atoms with Crippen LogP contribution in [0.3, 0.4) is 0 Å². The zero-order chi connectivity index (χ0) is 13.2. The summed E-state index contributed by atoms with van der Waals surface area (Å²) in [6.45, 7) is 0. The summed E-state index contributed by atoms with van der Waals surface area (Å²) in [7, 11) is 1.38. The normalized spacial score (nSPS) is 14.2. The lowest BCUT2D eigenvalue weighted by molar-refractivity contribution is 0.0601. The summed E-state index contributed by atoms with van der Waals surface area (Å²) in [5.74, 6) is 0.402. The Hall–Kier alpha value is -2.23. The van der Waals surface area contributed by atoms with Crippen molar-refractivity contribution in [2.45, 2.75) is 18.9 Å². The maximum Gasteiger partial charge on any atom is 0.337 e. The van der Waals surface area contributed by atoms with Crippen molar-refractivity contribution >= 4 is 11.7 Å². The lowest BCUT2D eigenvalue weighted by atomic mass is 10.1. The van der Waals surface area contributed by atoms with Crippen molar-refractivity contribution in [3.05, 3.63) is 42.2 Å². The maximum absolute atomic E-state index is 11.6. The van der Waals surface area contributed by atoms with Gasteiger partial charge < -0.3 is 14.5 Å². The molecule has 0 aliphatic heterocycles. The molecule has 1 aliphatic carbocycles. The molecule has 0 saturated heterocycles. The molecule has 0 amide bonds. The first-order valence-corrected chi connectivity index (χ1v) is 6.30. The number of carbonyl (C=O) groups is 1. The Morgan fingerprint density at radius 2 is 2.21 bits per heavy atom. The number of benzene rings is 1. The second-order valence-corrected chi connectivity index (χ2v) is 4.65. The number of esters is 1. The highest BCUT2D eigenvalue weighted by Crippen LogP contribution is 2.33. The molecule has 19 heavy (non-hydrogen) atoms. The molecule has 3 rings (SSSR count). The summed E-state index contributed by atoms with van der Waals surface area (Å²) in [4.78, 5) is 11.6. The second-order valence-electron chi connectivity index (χ2n) is 4.65. The van der Waals surface area contributed by atoms with Crippen LogP contribution in [0.1, 0.15) is 23.2 Å². The molecule has 1 fully saturated rings. The number of rotatable bonds is 4. The van der Waals surface area contributed by atoms with Crippen molar-refractivity contribution in [1.29, 1.82) is 0 Å². The van der Waals surface area contributed by atoms with E-state index in [0.717, 1.165) is 17.0 Å². The van der Waals surface area contributed by atoms with E-state index in [4.69, 9.17) is 9.15 Å². The molecule has 0 atom stereocenters. The van der Waals surface area contributed by atoms with Gasteiger partial charge in [0.2, 0.25) is 0 Å². The van der Waals surface area contributed by atoms with Gasteiger partial charge in [0.05, 0.1) is 18.9 Å². The Kier molecular flexibility index (Phi) is 2.99. The summed E-state index contributed by atoms with van der Waals surface area (Å²) >= 11 is 0. The Bertz CT molecular complexity index is 585. The van der Waals surface area contributed by atoms with Crippen LogP contribution in [0.4, 0.5) is 5.69 Å². The largest absolute Gasteiger partial charge is 0.465 e. The molecule has 0 bridgehead atoms. The van der Waals surface area contributed by atoms with Gasteiger partial charge in [0.15, 0.2) is 0 Å². The maximum atomic E-state index is 11.6. The lowest BCUT2D eigenvalue weighted by Gasteiger charge is -2.11. The minimum Gasteiger partial charge on any atom is -0.465 e. The van der Waals surface area contributed by atoms with Crippen molar-refractivity contribution in [1.82, 2.24) is 0 Å². The average molecular weight is 257 g/mol. The van der Waals surface area contributed by atoms with Crippen LogP contribution in [0.25, 0.3) is 11.3 Å². The number of carbonyl (C=O) groups excluding carboxylic acids is 1. The molecule has 98 valence electrons. The van der Waals surface area contributed by atoms with Crippen LogP contribution >= 0.6 is 0 Å². The number of ether oxygens (including phenoxy) is 1. The SMILES string of the molecule is COC(=O)c1ccc(NC2CC2)c(-c2ccco2)c1. The molecule has 0 spiro atoms. The Balaban J connectivity index is 2.01. The van der Waals surface area contributed by atoms with E-state index in [1.807, 2.05) is 18.2 Å². The van der Waals surface area contributed by atoms with Gasteiger partial charge in [-0.2, -0.15) is 0 Å². The van der Waals surface area contributed by atoms with E-state index >= 15 is 0 Å². The Morgan fingerprint density at radius 3 is 2.84 bits per heavy atom. The highest BCUT2D eigenvalue weighted by Gasteiger charge is 2.23. The fourth-order valence-electron chi connectivity index (χ4n) is 2.00. The number of anilines is 1. The number of hydrogen-bond donors (Lipinski definition) is 1. The van der Waals surface area contributed by atoms with Crippen molar-refractivity contribution in [3.8, 4) is 11.3 Å². The molecule has 1 heterocycles. The van der Waals surface area contributed by atoms with E-state index in [1.54, 1.807) is 18.4 Å². The van der Waals surface area contributed by atoms with E-state index in [1.165, 1.54) is 20.0 Å². The lowest BCUT2D eigenvalue weighted by Crippen LogP contribution is -2.05. The van der Waals surface area contributed by atoms with Crippen molar-refractivity contribution < 1.29 is 13.9 Å². The van der Waals surface area contributed by atoms with Crippen LogP contribution in [0.5, 0.6) is 0 Å². The third-order valence-corrected chi connectivity index (χ3v) is 3.16. The molecule has 0 radical (unpaired) electrons. The number of furan rings is 1. The summed E-state index contributed by atoms with van der Waals surface area (Å²) < 4.78 is 10.2. The summed E-state index contributed by atoms with van der Waals surface area (Å²) in [5.41, 5.74) is 2.40. The Morgan fingerprint density at radius 1 is 1.37 bits per heavy atom. The van der Waals surface area contributed by atoms with Crippen molar-refractivity contribution in [2.75, 3.05) is 12.4 Å². The van der Waals surface area contributed by atoms with E-state index in [2.05, 4.69) is 5.32 Å². The minimum atomic E-state index is -0.342. The molecule has 1 N–H and O–H groups in total. The molecular formula is C15H15NO3.